The van der Waals surface area contributed by atoms with Gasteiger partial charge < -0.3 is 9.72 Å². The molecule has 0 atom stereocenters. The number of ether oxygens (including phenoxy) is 1. The van der Waals surface area contributed by atoms with Crippen LogP contribution >= 0.6 is 0 Å². The highest BCUT2D eigenvalue weighted by molar-refractivity contribution is 7.92. The number of anilines is 1. The topological polar surface area (TPSA) is 88.3 Å². The number of aryl methyl sites for hydroxylation is 2. The highest BCUT2D eigenvalue weighted by atomic mass is 32.2. The largest absolute Gasteiger partial charge is 0.462 e. The van der Waals surface area contributed by atoms with E-state index >= 15 is 0 Å². The maximum Gasteiger partial charge on any atom is 0.338 e. The van der Waals surface area contributed by atoms with E-state index in [4.69, 9.17) is 4.74 Å². The average Bonchev–Trinajstić information content (AvgIpc) is 2.89. The fourth-order valence-corrected chi connectivity index (χ4v) is 3.79. The molecule has 26 heavy (non-hydrogen) atoms. The molecule has 6 nitrogen and oxygen atoms in total. The van der Waals surface area contributed by atoms with Crippen LogP contribution in [0.2, 0.25) is 0 Å². The number of nitrogens with one attached hydrogen (secondary N) is 2. The van der Waals surface area contributed by atoms with Crippen LogP contribution in [0.3, 0.4) is 0 Å². The molecule has 0 radical (unpaired) electrons. The van der Waals surface area contributed by atoms with Crippen LogP contribution in [0.15, 0.2) is 47.4 Å². The minimum Gasteiger partial charge on any atom is -0.462 e. The van der Waals surface area contributed by atoms with Crippen molar-refractivity contribution in [1.82, 2.24) is 4.98 Å². The van der Waals surface area contributed by atoms with Gasteiger partial charge in [0.05, 0.1) is 17.1 Å². The van der Waals surface area contributed by atoms with Gasteiger partial charge in [0.1, 0.15) is 0 Å². The summed E-state index contributed by atoms with van der Waals surface area (Å²) in [5, 5.41) is 0.878. The summed E-state index contributed by atoms with van der Waals surface area (Å²) in [5.74, 6) is -0.439. The number of carbonyl (C=O) groups excluding carboxylic acids is 1. The number of hydrogen-bond acceptors (Lipinski definition) is 4. The van der Waals surface area contributed by atoms with Gasteiger partial charge in [-0.2, -0.15) is 0 Å². The minimum absolute atomic E-state index is 0.182. The van der Waals surface area contributed by atoms with Crippen LogP contribution in [0.1, 0.15) is 28.5 Å². The van der Waals surface area contributed by atoms with Gasteiger partial charge in [0.2, 0.25) is 0 Å². The van der Waals surface area contributed by atoms with Crippen molar-refractivity contribution in [2.24, 2.45) is 0 Å². The van der Waals surface area contributed by atoms with Crippen molar-refractivity contribution in [2.75, 3.05) is 11.3 Å². The standard InChI is InChI=1S/C19H20N2O4S/c1-4-25-19(22)14-5-7-15(8-6-14)21-26(23,24)16-9-10-18-17(11-16)12(2)13(3)20-18/h5-11,20-21H,4H2,1-3H3. The molecule has 0 aliphatic rings. The number of benzene rings is 2. The summed E-state index contributed by atoms with van der Waals surface area (Å²) in [6, 6.07) is 11.1. The molecule has 0 aliphatic heterocycles. The molecular formula is C19H20N2O4S. The van der Waals surface area contributed by atoms with E-state index in [2.05, 4.69) is 9.71 Å². The second kappa shape index (κ2) is 6.84. The third kappa shape index (κ3) is 3.43. The van der Waals surface area contributed by atoms with Gasteiger partial charge in [-0.05, 0) is 68.8 Å². The Morgan fingerprint density at radius 1 is 1.12 bits per heavy atom. The van der Waals surface area contributed by atoms with Crippen LogP contribution in [-0.4, -0.2) is 26.0 Å². The van der Waals surface area contributed by atoms with Crippen LogP contribution in [0, 0.1) is 13.8 Å². The molecule has 1 aromatic heterocycles. The lowest BCUT2D eigenvalue weighted by molar-refractivity contribution is 0.0526. The number of sulfonamides is 1. The zero-order valence-electron chi connectivity index (χ0n) is 14.8. The zero-order chi connectivity index (χ0) is 18.9. The van der Waals surface area contributed by atoms with Crippen LogP contribution in [0.4, 0.5) is 5.69 Å². The number of rotatable bonds is 5. The van der Waals surface area contributed by atoms with Crippen LogP contribution in [0.5, 0.6) is 0 Å². The minimum atomic E-state index is -3.74. The van der Waals surface area contributed by atoms with Crippen molar-refractivity contribution in [1.29, 1.82) is 0 Å². The summed E-state index contributed by atoms with van der Waals surface area (Å²) in [6.07, 6.45) is 0. The summed E-state index contributed by atoms with van der Waals surface area (Å²) in [6.45, 7) is 5.91. The fraction of sp³-hybridized carbons (Fsp3) is 0.211. The van der Waals surface area contributed by atoms with Crippen molar-refractivity contribution in [2.45, 2.75) is 25.7 Å². The number of hydrogen-bond donors (Lipinski definition) is 2. The second-order valence-corrected chi connectivity index (χ2v) is 7.67. The molecule has 1 heterocycles. The fourth-order valence-electron chi connectivity index (χ4n) is 2.71. The summed E-state index contributed by atoms with van der Waals surface area (Å²) in [7, 11) is -3.74. The Hall–Kier alpha value is -2.80. The molecule has 0 saturated carbocycles. The van der Waals surface area contributed by atoms with E-state index < -0.39 is 16.0 Å². The maximum absolute atomic E-state index is 12.7. The lowest BCUT2D eigenvalue weighted by atomic mass is 10.1. The van der Waals surface area contributed by atoms with Crippen LogP contribution < -0.4 is 4.72 Å². The molecule has 3 aromatic rings. The van der Waals surface area contributed by atoms with Gasteiger partial charge in [-0.15, -0.1) is 0 Å². The Morgan fingerprint density at radius 2 is 1.81 bits per heavy atom. The lowest BCUT2D eigenvalue weighted by Crippen LogP contribution is -2.13. The first kappa shape index (κ1) is 18.0. The zero-order valence-corrected chi connectivity index (χ0v) is 15.6. The Balaban J connectivity index is 1.87. The highest BCUT2D eigenvalue weighted by Gasteiger charge is 2.17. The molecule has 0 bridgehead atoms. The molecule has 136 valence electrons. The lowest BCUT2D eigenvalue weighted by Gasteiger charge is -2.09. The van der Waals surface area contributed by atoms with E-state index in [-0.39, 0.29) is 11.5 Å². The number of aromatic nitrogens is 1. The number of aromatic amines is 1. The predicted octanol–water partition coefficient (Wildman–Crippen LogP) is 3.76. The molecule has 2 aromatic carbocycles. The molecule has 0 fully saturated rings. The van der Waals surface area contributed by atoms with Gasteiger partial charge in [-0.25, -0.2) is 13.2 Å². The molecule has 0 saturated heterocycles. The molecule has 0 aliphatic carbocycles. The van der Waals surface area contributed by atoms with E-state index in [1.54, 1.807) is 25.1 Å². The molecule has 0 amide bonds. The monoisotopic (exact) mass is 372 g/mol. The first-order chi connectivity index (χ1) is 12.3. The van der Waals surface area contributed by atoms with Gasteiger partial charge in [-0.1, -0.05) is 0 Å². The van der Waals surface area contributed by atoms with Crippen LogP contribution in [0.25, 0.3) is 10.9 Å². The summed E-state index contributed by atoms with van der Waals surface area (Å²) >= 11 is 0. The van der Waals surface area contributed by atoms with E-state index in [0.717, 1.165) is 22.2 Å². The predicted molar refractivity (Wildman–Crippen MR) is 101 cm³/mol. The maximum atomic E-state index is 12.7. The van der Waals surface area contributed by atoms with Gasteiger partial charge in [0.25, 0.3) is 10.0 Å². The number of H-pyrrole nitrogens is 1. The molecule has 0 unspecified atom stereocenters. The van der Waals surface area contributed by atoms with E-state index in [0.29, 0.717) is 11.3 Å². The Morgan fingerprint density at radius 3 is 2.46 bits per heavy atom. The Bertz CT molecular complexity index is 1070. The first-order valence-electron chi connectivity index (χ1n) is 8.21. The van der Waals surface area contributed by atoms with E-state index in [1.165, 1.54) is 24.3 Å². The number of carbonyl (C=O) groups is 1. The van der Waals surface area contributed by atoms with Crippen molar-refractivity contribution in [3.8, 4) is 0 Å². The summed E-state index contributed by atoms with van der Waals surface area (Å²) in [5.41, 5.74) is 3.68. The highest BCUT2D eigenvalue weighted by Crippen LogP contribution is 2.25. The normalized spacial score (nSPS) is 11.5. The average molecular weight is 372 g/mol. The van der Waals surface area contributed by atoms with Gasteiger partial charge >= 0.3 is 5.97 Å². The van der Waals surface area contributed by atoms with Crippen molar-refractivity contribution < 1.29 is 17.9 Å². The number of esters is 1. The van der Waals surface area contributed by atoms with Crippen molar-refractivity contribution >= 4 is 32.6 Å². The Labute approximate surface area is 152 Å². The quantitative estimate of drug-likeness (QED) is 0.668. The Kier molecular flexibility index (Phi) is 4.73. The third-order valence-corrected chi connectivity index (χ3v) is 5.62. The SMILES string of the molecule is CCOC(=O)c1ccc(NS(=O)(=O)c2ccc3[nH]c(C)c(C)c3c2)cc1. The van der Waals surface area contributed by atoms with Crippen molar-refractivity contribution in [3.63, 3.8) is 0 Å². The van der Waals surface area contributed by atoms with Crippen LogP contribution in [-0.2, 0) is 14.8 Å². The molecule has 7 heteroatoms. The van der Waals surface area contributed by atoms with E-state index in [1.807, 2.05) is 13.8 Å². The molecule has 2 N–H and O–H groups in total. The molecular weight excluding hydrogens is 352 g/mol. The van der Waals surface area contributed by atoms with E-state index in [9.17, 15) is 13.2 Å². The van der Waals surface area contributed by atoms with Gasteiger partial charge in [-0.3, -0.25) is 4.72 Å². The summed E-state index contributed by atoms with van der Waals surface area (Å²) in [4.78, 5) is 15.1. The molecule has 3 rings (SSSR count). The van der Waals surface area contributed by atoms with Crippen molar-refractivity contribution in [3.05, 3.63) is 59.3 Å². The van der Waals surface area contributed by atoms with Gasteiger partial charge in [0, 0.05) is 22.3 Å². The second-order valence-electron chi connectivity index (χ2n) is 5.99. The third-order valence-electron chi connectivity index (χ3n) is 4.24. The summed E-state index contributed by atoms with van der Waals surface area (Å²) < 4.78 is 32.8. The number of fused-ring (bicyclic) bond motifs is 1. The first-order valence-corrected chi connectivity index (χ1v) is 9.69. The molecule has 0 spiro atoms. The van der Waals surface area contributed by atoms with Gasteiger partial charge in [0.15, 0.2) is 0 Å². The smallest absolute Gasteiger partial charge is 0.338 e.